The Morgan fingerprint density at radius 3 is 2.25 bits per heavy atom. The number of carboxylic acids is 1. The number of aliphatic hydroxyl groups is 1. The summed E-state index contributed by atoms with van der Waals surface area (Å²) in [6.07, 6.45) is 9.72. The predicted molar refractivity (Wildman–Crippen MR) is 234 cm³/mol. The van der Waals surface area contributed by atoms with Crippen molar-refractivity contribution in [1.29, 1.82) is 0 Å². The van der Waals surface area contributed by atoms with Crippen LogP contribution < -0.4 is 0 Å². The average molecular weight is 836 g/mol. The SMILES string of the molecule is CC(C)C1=C2[C@H]3CC[C@@H]4[C@@]5(C)CC[C@H](OC(=O)CC(C)(C)C(=O)O)C(C)(C)[C@@H]5CC[C@@]4(C)[C@]3(C)CCC2(C(O)CN(CCN2CCCC2)Cc2ccc(Cl)cc2)CC1=O. The van der Waals surface area contributed by atoms with Crippen molar-refractivity contribution in [3.05, 3.63) is 46.0 Å². The van der Waals surface area contributed by atoms with Gasteiger partial charge in [0.25, 0.3) is 0 Å². The summed E-state index contributed by atoms with van der Waals surface area (Å²) in [4.78, 5) is 44.4. The van der Waals surface area contributed by atoms with E-state index in [2.05, 4.69) is 70.4 Å². The van der Waals surface area contributed by atoms with E-state index >= 15 is 0 Å². The fourth-order valence-electron chi connectivity index (χ4n) is 14.7. The molecule has 9 heteroatoms. The summed E-state index contributed by atoms with van der Waals surface area (Å²) in [5, 5.41) is 23.2. The van der Waals surface area contributed by atoms with Gasteiger partial charge in [-0.1, -0.05) is 77.8 Å². The van der Waals surface area contributed by atoms with Crippen molar-refractivity contribution in [2.75, 3.05) is 32.7 Å². The number of Topliss-reactive ketones (excluding diaryl/α,β-unsaturated/α-hetero) is 1. The summed E-state index contributed by atoms with van der Waals surface area (Å²) in [7, 11) is 0. The van der Waals surface area contributed by atoms with Crippen LogP contribution in [0.4, 0.5) is 0 Å². The molecular formula is C50H75ClN2O6. The molecule has 2 N–H and O–H groups in total. The number of esters is 1. The minimum Gasteiger partial charge on any atom is -0.481 e. The van der Waals surface area contributed by atoms with Gasteiger partial charge in [0.05, 0.1) is 17.9 Å². The van der Waals surface area contributed by atoms with Crippen molar-refractivity contribution in [3.8, 4) is 0 Å². The summed E-state index contributed by atoms with van der Waals surface area (Å²) in [6.45, 7) is 25.2. The van der Waals surface area contributed by atoms with Gasteiger partial charge in [-0.05, 0) is 154 Å². The van der Waals surface area contributed by atoms with Crippen LogP contribution in [0.5, 0.6) is 0 Å². The zero-order valence-corrected chi connectivity index (χ0v) is 38.6. The van der Waals surface area contributed by atoms with E-state index in [1.165, 1.54) is 24.0 Å². The van der Waals surface area contributed by atoms with E-state index in [1.807, 2.05) is 12.1 Å². The molecule has 7 rings (SSSR count). The number of allylic oxidation sites excluding steroid dienone is 1. The number of benzene rings is 1. The zero-order valence-electron chi connectivity index (χ0n) is 37.8. The number of carboxylic acid groups (broad SMARTS) is 1. The number of carbonyl (C=O) groups excluding carboxylic acids is 2. The maximum atomic E-state index is 14.4. The van der Waals surface area contributed by atoms with Gasteiger partial charge in [-0.25, -0.2) is 0 Å². The Bertz CT molecular complexity index is 1800. The number of aliphatic carboxylic acids is 1. The molecule has 1 saturated heterocycles. The molecule has 328 valence electrons. The third-order valence-corrected chi connectivity index (χ3v) is 18.4. The molecule has 5 aliphatic carbocycles. The molecule has 4 saturated carbocycles. The maximum Gasteiger partial charge on any atom is 0.309 e. The number of likely N-dealkylation sites (tertiary alicyclic amines) is 1. The van der Waals surface area contributed by atoms with Crippen LogP contribution in [0.2, 0.25) is 5.02 Å². The number of nitrogens with zero attached hydrogens (tertiary/aromatic N) is 2. The first-order valence-electron chi connectivity index (χ1n) is 23.2. The minimum absolute atomic E-state index is 0.0260. The molecule has 1 aromatic rings. The van der Waals surface area contributed by atoms with Gasteiger partial charge in [-0.15, -0.1) is 0 Å². The summed E-state index contributed by atoms with van der Waals surface area (Å²) >= 11 is 6.29. The third kappa shape index (κ3) is 7.68. The lowest BCUT2D eigenvalue weighted by Gasteiger charge is -2.72. The van der Waals surface area contributed by atoms with Gasteiger partial charge in [0.1, 0.15) is 6.10 Å². The van der Waals surface area contributed by atoms with Crippen molar-refractivity contribution in [2.24, 2.45) is 56.2 Å². The van der Waals surface area contributed by atoms with Gasteiger partial charge in [0, 0.05) is 48.5 Å². The van der Waals surface area contributed by atoms with E-state index in [9.17, 15) is 24.6 Å². The van der Waals surface area contributed by atoms with Crippen LogP contribution in [-0.2, 0) is 25.7 Å². The number of rotatable bonds is 13. The van der Waals surface area contributed by atoms with Gasteiger partial charge < -0.3 is 19.8 Å². The van der Waals surface area contributed by atoms with Gasteiger partial charge in [0.2, 0.25) is 0 Å². The number of hydrogen-bond acceptors (Lipinski definition) is 7. The Morgan fingerprint density at radius 1 is 0.932 bits per heavy atom. The van der Waals surface area contributed by atoms with Crippen molar-refractivity contribution in [3.63, 3.8) is 0 Å². The Kier molecular flexibility index (Phi) is 12.2. The molecule has 0 aromatic heterocycles. The minimum atomic E-state index is -1.17. The van der Waals surface area contributed by atoms with Gasteiger partial charge in [-0.3, -0.25) is 19.3 Å². The van der Waals surface area contributed by atoms with Gasteiger partial charge in [-0.2, -0.15) is 0 Å². The summed E-state index contributed by atoms with van der Waals surface area (Å²) in [5.74, 6) is 0.0422. The standard InChI is InChI=1S/C50H75ClN2O6/c1-32(2)42-36(54)28-50(39(55)31-53(27-26-52-24-10-11-25-52)30-33-12-14-34(51)15-13-33)23-22-48(8)35(43(42)50)16-17-38-47(7)20-19-40(59-41(56)29-45(3,4)44(57)58)46(5,6)37(47)18-21-49(38,48)9/h12-15,32,35,37-40,55H,10-11,16-31H2,1-9H3,(H,57,58)/t35-,37+,38-,39?,40+,47+,48-,49-,50?/m1/s1. The normalized spacial score (nSPS) is 36.3. The highest BCUT2D eigenvalue weighted by atomic mass is 35.5. The number of aliphatic hydroxyl groups excluding tert-OH is 1. The highest BCUT2D eigenvalue weighted by Crippen LogP contribution is 2.77. The van der Waals surface area contributed by atoms with Crippen molar-refractivity contribution >= 4 is 29.3 Å². The van der Waals surface area contributed by atoms with Crippen LogP contribution in [0.15, 0.2) is 35.4 Å². The molecule has 59 heavy (non-hydrogen) atoms. The third-order valence-electron chi connectivity index (χ3n) is 18.2. The predicted octanol–water partition coefficient (Wildman–Crippen LogP) is 9.99. The van der Waals surface area contributed by atoms with Crippen LogP contribution in [0, 0.1) is 56.2 Å². The van der Waals surface area contributed by atoms with E-state index in [0.29, 0.717) is 24.8 Å². The molecule has 0 radical (unpaired) electrons. The van der Waals surface area contributed by atoms with Gasteiger partial charge in [0.15, 0.2) is 5.78 Å². The molecule has 8 nitrogen and oxygen atoms in total. The highest BCUT2D eigenvalue weighted by Gasteiger charge is 2.71. The van der Waals surface area contributed by atoms with Crippen LogP contribution in [0.25, 0.3) is 0 Å². The van der Waals surface area contributed by atoms with Crippen molar-refractivity contribution < 1.29 is 29.3 Å². The lowest BCUT2D eigenvalue weighted by molar-refractivity contribution is -0.235. The molecule has 1 heterocycles. The molecule has 1 aliphatic heterocycles. The lowest BCUT2D eigenvalue weighted by atomic mass is 9.33. The fraction of sp³-hybridized carbons (Fsp3) is 0.780. The second-order valence-corrected chi connectivity index (χ2v) is 22.9. The van der Waals surface area contributed by atoms with Crippen LogP contribution in [-0.4, -0.2) is 82.7 Å². The molecule has 1 aromatic carbocycles. The summed E-state index contributed by atoms with van der Waals surface area (Å²) < 4.78 is 6.21. The van der Waals surface area contributed by atoms with E-state index in [1.54, 1.807) is 13.8 Å². The first-order chi connectivity index (χ1) is 27.6. The number of halogens is 1. The lowest BCUT2D eigenvalue weighted by Crippen LogP contribution is -2.66. The molecule has 9 atom stereocenters. The summed E-state index contributed by atoms with van der Waals surface area (Å²) in [6, 6.07) is 8.10. The number of carbonyl (C=O) groups is 3. The molecule has 0 amide bonds. The largest absolute Gasteiger partial charge is 0.481 e. The number of ketones is 1. The van der Waals surface area contributed by atoms with Crippen LogP contribution >= 0.6 is 11.6 Å². The fourth-order valence-corrected chi connectivity index (χ4v) is 14.8. The van der Waals surface area contributed by atoms with Crippen LogP contribution in [0.1, 0.15) is 145 Å². The van der Waals surface area contributed by atoms with Crippen molar-refractivity contribution in [2.45, 2.75) is 158 Å². The van der Waals surface area contributed by atoms with Gasteiger partial charge >= 0.3 is 11.9 Å². The van der Waals surface area contributed by atoms with Crippen molar-refractivity contribution in [1.82, 2.24) is 9.80 Å². The maximum absolute atomic E-state index is 14.4. The Hall–Kier alpha value is -2.26. The van der Waals surface area contributed by atoms with Crippen LogP contribution in [0.3, 0.4) is 0 Å². The molecular weight excluding hydrogens is 760 g/mol. The Morgan fingerprint density at radius 2 is 1.61 bits per heavy atom. The Balaban J connectivity index is 1.15. The van der Waals surface area contributed by atoms with E-state index < -0.39 is 28.9 Å². The Labute approximate surface area is 360 Å². The summed E-state index contributed by atoms with van der Waals surface area (Å²) in [5.41, 5.74) is 1.62. The number of ether oxygens (including phenoxy) is 1. The quantitative estimate of drug-likeness (QED) is 0.189. The first-order valence-corrected chi connectivity index (χ1v) is 23.5. The molecule has 6 aliphatic rings. The average Bonchev–Trinajstić information content (AvgIpc) is 3.79. The zero-order chi connectivity index (χ0) is 42.9. The number of hydrogen-bond donors (Lipinski definition) is 2. The number of fused-ring (bicyclic) bond motifs is 7. The monoisotopic (exact) mass is 835 g/mol. The molecule has 0 spiro atoms. The smallest absolute Gasteiger partial charge is 0.309 e. The molecule has 5 fully saturated rings. The van der Waals surface area contributed by atoms with E-state index in [4.69, 9.17) is 16.3 Å². The second-order valence-electron chi connectivity index (χ2n) is 22.5. The first kappa shape index (κ1) is 44.8. The molecule has 0 bridgehead atoms. The topological polar surface area (TPSA) is 107 Å². The van der Waals surface area contributed by atoms with E-state index in [-0.39, 0.29) is 51.8 Å². The molecule has 2 unspecified atom stereocenters. The second kappa shape index (κ2) is 16.1. The van der Waals surface area contributed by atoms with E-state index in [0.717, 1.165) is 94.7 Å². The highest BCUT2D eigenvalue weighted by molar-refractivity contribution is 6.30.